The normalized spacial score (nSPS) is 11.7. The van der Waals surface area contributed by atoms with Crippen LogP contribution in [0.2, 0.25) is 0 Å². The fraction of sp³-hybridized carbons (Fsp3) is 0.273. The summed E-state index contributed by atoms with van der Waals surface area (Å²) in [6, 6.07) is 5.08. The molecule has 0 saturated heterocycles. The van der Waals surface area contributed by atoms with Gasteiger partial charge in [-0.25, -0.2) is 18.5 Å². The molecule has 1 aromatic carbocycles. The van der Waals surface area contributed by atoms with Gasteiger partial charge in [-0.15, -0.1) is 0 Å². The van der Waals surface area contributed by atoms with Crippen LogP contribution in [0, 0.1) is 0 Å². The number of amides is 1. The number of anilines is 1. The molecular weight excluding hydrogens is 300 g/mol. The van der Waals surface area contributed by atoms with E-state index in [1.165, 1.54) is 11.3 Å². The van der Waals surface area contributed by atoms with Gasteiger partial charge in [-0.3, -0.25) is 4.79 Å². The minimum absolute atomic E-state index is 0.155. The summed E-state index contributed by atoms with van der Waals surface area (Å²) in [6.45, 7) is 0.248. The van der Waals surface area contributed by atoms with Crippen LogP contribution in [0.5, 0.6) is 0 Å². The highest BCUT2D eigenvalue weighted by Gasteiger charge is 2.09. The van der Waals surface area contributed by atoms with Crippen molar-refractivity contribution in [1.82, 2.24) is 10.3 Å². The van der Waals surface area contributed by atoms with Crippen molar-refractivity contribution in [3.8, 4) is 0 Å². The maximum atomic E-state index is 11.9. The van der Waals surface area contributed by atoms with Crippen LogP contribution >= 0.6 is 11.3 Å². The van der Waals surface area contributed by atoms with Crippen molar-refractivity contribution in [2.24, 2.45) is 5.14 Å². The van der Waals surface area contributed by atoms with Gasteiger partial charge in [0.1, 0.15) is 0 Å². The van der Waals surface area contributed by atoms with Crippen LogP contribution < -0.4 is 16.2 Å². The topological polar surface area (TPSA) is 128 Å². The van der Waals surface area contributed by atoms with Crippen molar-refractivity contribution in [3.63, 3.8) is 0 Å². The number of nitrogen functional groups attached to an aromatic ring is 1. The smallest absolute Gasteiger partial charge is 0.251 e. The second-order valence-corrected chi connectivity index (χ2v) is 7.01. The van der Waals surface area contributed by atoms with Gasteiger partial charge < -0.3 is 11.1 Å². The molecule has 1 amide bonds. The van der Waals surface area contributed by atoms with Gasteiger partial charge in [0.2, 0.25) is 10.0 Å². The fourth-order valence-corrected chi connectivity index (χ4v) is 2.98. The predicted octanol–water partition coefficient (Wildman–Crippen LogP) is 0.287. The number of nitrogens with one attached hydrogen (secondary N) is 1. The monoisotopic (exact) mass is 314 g/mol. The van der Waals surface area contributed by atoms with Gasteiger partial charge in [0.25, 0.3) is 5.91 Å². The molecule has 108 valence electrons. The number of primary sulfonamides is 1. The molecule has 0 spiro atoms. The first-order chi connectivity index (χ1) is 9.35. The molecule has 0 bridgehead atoms. The Kier molecular flexibility index (Phi) is 4.21. The Morgan fingerprint density at radius 1 is 1.40 bits per heavy atom. The van der Waals surface area contributed by atoms with Crippen LogP contribution in [0.4, 0.5) is 5.13 Å². The van der Waals surface area contributed by atoms with Crippen molar-refractivity contribution < 1.29 is 13.2 Å². The molecule has 2 aromatic rings. The van der Waals surface area contributed by atoms with E-state index in [0.29, 0.717) is 10.7 Å². The summed E-state index contributed by atoms with van der Waals surface area (Å²) in [6.07, 6.45) is 0.278. The Morgan fingerprint density at radius 2 is 2.15 bits per heavy atom. The Hall–Kier alpha value is -1.71. The van der Waals surface area contributed by atoms with Crippen molar-refractivity contribution >= 4 is 42.6 Å². The second kappa shape index (κ2) is 5.73. The van der Waals surface area contributed by atoms with E-state index in [0.717, 1.165) is 10.2 Å². The average molecular weight is 314 g/mol. The first kappa shape index (κ1) is 14.7. The zero-order chi connectivity index (χ0) is 14.8. The third-order valence-electron chi connectivity index (χ3n) is 2.56. The molecular formula is C11H14N4O3S2. The SMILES string of the molecule is Nc1nc2ccc(C(=O)NCCCS(N)(=O)=O)cc2s1. The number of nitrogens with two attached hydrogens (primary N) is 2. The number of benzene rings is 1. The lowest BCUT2D eigenvalue weighted by Gasteiger charge is -2.04. The Bertz CT molecular complexity index is 739. The number of hydrogen-bond donors (Lipinski definition) is 3. The van der Waals surface area contributed by atoms with E-state index >= 15 is 0 Å². The molecule has 1 heterocycles. The lowest BCUT2D eigenvalue weighted by Crippen LogP contribution is -2.27. The molecule has 5 N–H and O–H groups in total. The molecule has 0 aliphatic rings. The van der Waals surface area contributed by atoms with E-state index in [1.807, 2.05) is 0 Å². The van der Waals surface area contributed by atoms with E-state index in [1.54, 1.807) is 18.2 Å². The zero-order valence-electron chi connectivity index (χ0n) is 10.5. The summed E-state index contributed by atoms with van der Waals surface area (Å²) in [4.78, 5) is 16.0. The number of carbonyl (C=O) groups is 1. The average Bonchev–Trinajstić information content (AvgIpc) is 2.72. The maximum absolute atomic E-state index is 11.9. The van der Waals surface area contributed by atoms with E-state index in [9.17, 15) is 13.2 Å². The number of sulfonamides is 1. The van der Waals surface area contributed by atoms with Crippen LogP contribution in [0.1, 0.15) is 16.8 Å². The molecule has 20 heavy (non-hydrogen) atoms. The number of nitrogens with zero attached hydrogens (tertiary/aromatic N) is 1. The molecule has 0 radical (unpaired) electrons. The summed E-state index contributed by atoms with van der Waals surface area (Å²) in [7, 11) is -3.48. The molecule has 0 aliphatic heterocycles. The molecule has 0 saturated carbocycles. The molecule has 2 rings (SSSR count). The molecule has 1 aromatic heterocycles. The molecule has 7 nitrogen and oxygen atoms in total. The number of aromatic nitrogens is 1. The molecule has 0 fully saturated rings. The number of carbonyl (C=O) groups excluding carboxylic acids is 1. The maximum Gasteiger partial charge on any atom is 0.251 e. The van der Waals surface area contributed by atoms with Crippen molar-refractivity contribution in [2.75, 3.05) is 18.0 Å². The Morgan fingerprint density at radius 3 is 2.85 bits per heavy atom. The third-order valence-corrected chi connectivity index (χ3v) is 4.26. The molecule has 0 aliphatic carbocycles. The standard InChI is InChI=1S/C11H14N4O3S2/c12-11-15-8-3-2-7(6-9(8)19-11)10(16)14-4-1-5-20(13,17)18/h2-3,6H,1,4-5H2,(H2,12,15)(H,14,16)(H2,13,17,18). The quantitative estimate of drug-likeness (QED) is 0.683. The van der Waals surface area contributed by atoms with Crippen molar-refractivity contribution in [3.05, 3.63) is 23.8 Å². The molecule has 9 heteroatoms. The molecule has 0 unspecified atom stereocenters. The zero-order valence-corrected chi connectivity index (χ0v) is 12.1. The minimum Gasteiger partial charge on any atom is -0.375 e. The number of hydrogen-bond acceptors (Lipinski definition) is 6. The largest absolute Gasteiger partial charge is 0.375 e. The van der Waals surface area contributed by atoms with Gasteiger partial charge in [-0.2, -0.15) is 0 Å². The predicted molar refractivity (Wildman–Crippen MR) is 79.0 cm³/mol. The van der Waals surface area contributed by atoms with Crippen LogP contribution in [0.3, 0.4) is 0 Å². The summed E-state index contributed by atoms with van der Waals surface area (Å²) >= 11 is 1.31. The van der Waals surface area contributed by atoms with E-state index in [4.69, 9.17) is 10.9 Å². The highest BCUT2D eigenvalue weighted by atomic mass is 32.2. The first-order valence-electron chi connectivity index (χ1n) is 5.80. The van der Waals surface area contributed by atoms with Gasteiger partial charge in [-0.05, 0) is 24.6 Å². The van der Waals surface area contributed by atoms with Gasteiger partial charge >= 0.3 is 0 Å². The van der Waals surface area contributed by atoms with E-state index < -0.39 is 10.0 Å². The van der Waals surface area contributed by atoms with Gasteiger partial charge in [0, 0.05) is 12.1 Å². The van der Waals surface area contributed by atoms with Gasteiger partial charge in [-0.1, -0.05) is 11.3 Å². The summed E-state index contributed by atoms with van der Waals surface area (Å²) < 4.78 is 22.3. The minimum atomic E-state index is -3.48. The third kappa shape index (κ3) is 3.89. The van der Waals surface area contributed by atoms with Crippen molar-refractivity contribution in [2.45, 2.75) is 6.42 Å². The number of rotatable bonds is 5. The van der Waals surface area contributed by atoms with Crippen LogP contribution in [0.25, 0.3) is 10.2 Å². The van der Waals surface area contributed by atoms with Crippen molar-refractivity contribution in [1.29, 1.82) is 0 Å². The lowest BCUT2D eigenvalue weighted by atomic mass is 10.2. The highest BCUT2D eigenvalue weighted by Crippen LogP contribution is 2.24. The van der Waals surface area contributed by atoms with Crippen LogP contribution in [-0.4, -0.2) is 31.6 Å². The Labute approximate surface area is 120 Å². The lowest BCUT2D eigenvalue weighted by molar-refractivity contribution is 0.0954. The highest BCUT2D eigenvalue weighted by molar-refractivity contribution is 7.89. The Balaban J connectivity index is 1.97. The van der Waals surface area contributed by atoms with E-state index in [2.05, 4.69) is 10.3 Å². The summed E-state index contributed by atoms with van der Waals surface area (Å²) in [5.41, 5.74) is 6.83. The fourth-order valence-electron chi connectivity index (χ4n) is 1.66. The summed E-state index contributed by atoms with van der Waals surface area (Å²) in [5, 5.41) is 7.96. The molecule has 0 atom stereocenters. The second-order valence-electron chi connectivity index (χ2n) is 4.21. The van der Waals surface area contributed by atoms with E-state index in [-0.39, 0.29) is 24.6 Å². The van der Waals surface area contributed by atoms with Gasteiger partial charge in [0.15, 0.2) is 5.13 Å². The van der Waals surface area contributed by atoms with Gasteiger partial charge in [0.05, 0.1) is 16.0 Å². The number of fused-ring (bicyclic) bond motifs is 1. The van der Waals surface area contributed by atoms with Crippen LogP contribution in [0.15, 0.2) is 18.2 Å². The van der Waals surface area contributed by atoms with Crippen LogP contribution in [-0.2, 0) is 10.0 Å². The first-order valence-corrected chi connectivity index (χ1v) is 8.33. The number of thiazole rings is 1. The summed E-state index contributed by atoms with van der Waals surface area (Å²) in [5.74, 6) is -0.425.